The fourth-order valence-electron chi connectivity index (χ4n) is 2.83. The van der Waals surface area contributed by atoms with Gasteiger partial charge in [-0.1, -0.05) is 24.3 Å². The molecule has 2 atom stereocenters. The molecule has 0 saturated carbocycles. The summed E-state index contributed by atoms with van der Waals surface area (Å²) in [7, 11) is 0. The second-order valence-corrected chi connectivity index (χ2v) is 6.04. The van der Waals surface area contributed by atoms with Gasteiger partial charge in [-0.15, -0.1) is 0 Å². The molecule has 1 aromatic carbocycles. The average Bonchev–Trinajstić information content (AvgIpc) is 3.09. The molecular weight excluding hydrogens is 294 g/mol. The highest BCUT2D eigenvalue weighted by Gasteiger charge is 2.28. The van der Waals surface area contributed by atoms with Gasteiger partial charge in [-0.3, -0.25) is 4.79 Å². The van der Waals surface area contributed by atoms with Gasteiger partial charge in [0.2, 0.25) is 5.91 Å². The van der Waals surface area contributed by atoms with E-state index in [9.17, 15) is 9.90 Å². The summed E-state index contributed by atoms with van der Waals surface area (Å²) in [6.45, 7) is 2.32. The first-order valence-electron chi connectivity index (χ1n) is 7.79. The van der Waals surface area contributed by atoms with Crippen LogP contribution in [0.1, 0.15) is 36.3 Å². The van der Waals surface area contributed by atoms with Crippen molar-refractivity contribution >= 4 is 5.91 Å². The van der Waals surface area contributed by atoms with Crippen LogP contribution in [0.3, 0.4) is 0 Å². The van der Waals surface area contributed by atoms with E-state index in [0.29, 0.717) is 12.4 Å². The predicted octanol–water partition coefficient (Wildman–Crippen LogP) is 2.31. The first-order valence-corrected chi connectivity index (χ1v) is 7.79. The summed E-state index contributed by atoms with van der Waals surface area (Å²) in [5.41, 5.74) is 1.08. The molecule has 2 aromatic rings. The van der Waals surface area contributed by atoms with Crippen molar-refractivity contribution in [3.8, 4) is 0 Å². The average molecular weight is 315 g/mol. The monoisotopic (exact) mass is 315 g/mol. The van der Waals surface area contributed by atoms with Crippen LogP contribution in [0.25, 0.3) is 0 Å². The van der Waals surface area contributed by atoms with Gasteiger partial charge < -0.3 is 19.6 Å². The standard InChI is InChI=1S/C18H21NO4/c1-18(21,16-7-4-9-23-16)12-19-17(20)11-15-14-6-3-2-5-13(14)8-10-22-15/h2-7,9,15,21H,8,10-12H2,1H3,(H,19,20). The molecule has 2 heterocycles. The third-order valence-electron chi connectivity index (χ3n) is 4.14. The number of carbonyl (C=O) groups is 1. The molecule has 0 spiro atoms. The summed E-state index contributed by atoms with van der Waals surface area (Å²) in [5, 5.41) is 13.1. The van der Waals surface area contributed by atoms with E-state index in [-0.39, 0.29) is 25.0 Å². The van der Waals surface area contributed by atoms with Gasteiger partial charge in [0.15, 0.2) is 0 Å². The first-order chi connectivity index (χ1) is 11.1. The number of hydrogen-bond acceptors (Lipinski definition) is 4. The Bertz CT molecular complexity index is 663. The van der Waals surface area contributed by atoms with Crippen molar-refractivity contribution in [1.82, 2.24) is 5.32 Å². The molecule has 0 fully saturated rings. The molecule has 5 heteroatoms. The van der Waals surface area contributed by atoms with Crippen LogP contribution < -0.4 is 5.32 Å². The Morgan fingerprint density at radius 1 is 1.35 bits per heavy atom. The van der Waals surface area contributed by atoms with Crippen LogP contribution in [0.4, 0.5) is 0 Å². The Labute approximate surface area is 135 Å². The lowest BCUT2D eigenvalue weighted by Gasteiger charge is -2.26. The minimum Gasteiger partial charge on any atom is -0.466 e. The van der Waals surface area contributed by atoms with E-state index in [2.05, 4.69) is 11.4 Å². The molecule has 0 bridgehead atoms. The Kier molecular flexibility index (Phi) is 4.50. The molecule has 0 saturated heterocycles. The van der Waals surface area contributed by atoms with Crippen molar-refractivity contribution in [3.63, 3.8) is 0 Å². The smallest absolute Gasteiger partial charge is 0.223 e. The van der Waals surface area contributed by atoms with E-state index < -0.39 is 5.60 Å². The van der Waals surface area contributed by atoms with Gasteiger partial charge in [-0.05, 0) is 36.6 Å². The molecule has 1 aliphatic heterocycles. The molecule has 2 unspecified atom stereocenters. The van der Waals surface area contributed by atoms with Crippen LogP contribution in [-0.4, -0.2) is 24.2 Å². The molecule has 5 nitrogen and oxygen atoms in total. The van der Waals surface area contributed by atoms with Crippen molar-refractivity contribution in [3.05, 3.63) is 59.5 Å². The van der Waals surface area contributed by atoms with Crippen LogP contribution in [0.2, 0.25) is 0 Å². The number of ether oxygens (including phenoxy) is 1. The number of furan rings is 1. The normalized spacial score (nSPS) is 19.7. The van der Waals surface area contributed by atoms with Crippen molar-refractivity contribution in [2.45, 2.75) is 31.5 Å². The molecule has 3 rings (SSSR count). The highest BCUT2D eigenvalue weighted by Crippen LogP contribution is 2.29. The van der Waals surface area contributed by atoms with E-state index in [0.717, 1.165) is 12.0 Å². The lowest BCUT2D eigenvalue weighted by atomic mass is 9.95. The number of benzene rings is 1. The summed E-state index contributed by atoms with van der Waals surface area (Å²) >= 11 is 0. The maximum absolute atomic E-state index is 12.2. The van der Waals surface area contributed by atoms with E-state index in [1.165, 1.54) is 11.8 Å². The van der Waals surface area contributed by atoms with E-state index >= 15 is 0 Å². The lowest BCUT2D eigenvalue weighted by molar-refractivity contribution is -0.125. The quantitative estimate of drug-likeness (QED) is 0.888. The highest BCUT2D eigenvalue weighted by atomic mass is 16.5. The summed E-state index contributed by atoms with van der Waals surface area (Å²) in [5.74, 6) is 0.274. The van der Waals surface area contributed by atoms with E-state index in [1.807, 2.05) is 18.2 Å². The molecular formula is C18H21NO4. The Balaban J connectivity index is 1.58. The van der Waals surface area contributed by atoms with Crippen LogP contribution in [0, 0.1) is 0 Å². The third kappa shape index (κ3) is 3.63. The van der Waals surface area contributed by atoms with Crippen molar-refractivity contribution < 1.29 is 19.1 Å². The van der Waals surface area contributed by atoms with Gasteiger partial charge in [0.1, 0.15) is 11.4 Å². The van der Waals surface area contributed by atoms with Crippen molar-refractivity contribution in [1.29, 1.82) is 0 Å². The molecule has 23 heavy (non-hydrogen) atoms. The van der Waals surface area contributed by atoms with Gasteiger partial charge in [-0.2, -0.15) is 0 Å². The predicted molar refractivity (Wildman–Crippen MR) is 84.7 cm³/mol. The maximum Gasteiger partial charge on any atom is 0.223 e. The van der Waals surface area contributed by atoms with Gasteiger partial charge in [-0.25, -0.2) is 0 Å². The number of amides is 1. The summed E-state index contributed by atoms with van der Waals surface area (Å²) in [4.78, 5) is 12.2. The number of nitrogens with one attached hydrogen (secondary N) is 1. The van der Waals surface area contributed by atoms with Crippen LogP contribution in [0.5, 0.6) is 0 Å². The number of carbonyl (C=O) groups excluding carboxylic acids is 1. The van der Waals surface area contributed by atoms with Gasteiger partial charge in [0.05, 0.1) is 31.9 Å². The highest BCUT2D eigenvalue weighted by molar-refractivity contribution is 5.76. The van der Waals surface area contributed by atoms with Gasteiger partial charge >= 0.3 is 0 Å². The summed E-state index contributed by atoms with van der Waals surface area (Å²) in [6.07, 6.45) is 2.39. The Morgan fingerprint density at radius 3 is 2.96 bits per heavy atom. The number of rotatable bonds is 5. The fraction of sp³-hybridized carbons (Fsp3) is 0.389. The van der Waals surface area contributed by atoms with E-state index in [1.54, 1.807) is 19.1 Å². The summed E-state index contributed by atoms with van der Waals surface area (Å²) in [6, 6.07) is 11.4. The zero-order chi connectivity index (χ0) is 16.3. The van der Waals surface area contributed by atoms with Crippen molar-refractivity contribution in [2.24, 2.45) is 0 Å². The SMILES string of the molecule is CC(O)(CNC(=O)CC1OCCc2ccccc21)c1ccco1. The molecule has 1 aromatic heterocycles. The molecule has 1 amide bonds. The largest absolute Gasteiger partial charge is 0.466 e. The fourth-order valence-corrected chi connectivity index (χ4v) is 2.83. The number of aliphatic hydroxyl groups is 1. The zero-order valence-corrected chi connectivity index (χ0v) is 13.1. The zero-order valence-electron chi connectivity index (χ0n) is 13.1. The number of hydrogen-bond donors (Lipinski definition) is 2. The Hall–Kier alpha value is -2.11. The molecule has 2 N–H and O–H groups in total. The third-order valence-corrected chi connectivity index (χ3v) is 4.14. The lowest BCUT2D eigenvalue weighted by Crippen LogP contribution is -2.39. The number of fused-ring (bicyclic) bond motifs is 1. The van der Waals surface area contributed by atoms with Gasteiger partial charge in [0.25, 0.3) is 0 Å². The second kappa shape index (κ2) is 6.56. The maximum atomic E-state index is 12.2. The molecule has 0 radical (unpaired) electrons. The second-order valence-electron chi connectivity index (χ2n) is 6.04. The van der Waals surface area contributed by atoms with Gasteiger partial charge in [0, 0.05) is 0 Å². The minimum absolute atomic E-state index is 0.0910. The Morgan fingerprint density at radius 2 is 2.17 bits per heavy atom. The summed E-state index contributed by atoms with van der Waals surface area (Å²) < 4.78 is 10.9. The van der Waals surface area contributed by atoms with Crippen LogP contribution in [0.15, 0.2) is 47.1 Å². The topological polar surface area (TPSA) is 71.7 Å². The first kappa shape index (κ1) is 15.8. The molecule has 0 aliphatic carbocycles. The molecule has 122 valence electrons. The van der Waals surface area contributed by atoms with Crippen LogP contribution >= 0.6 is 0 Å². The van der Waals surface area contributed by atoms with Crippen molar-refractivity contribution in [2.75, 3.05) is 13.2 Å². The molecule has 1 aliphatic rings. The van der Waals surface area contributed by atoms with Crippen LogP contribution in [-0.2, 0) is 21.6 Å². The minimum atomic E-state index is -1.23. The van der Waals surface area contributed by atoms with E-state index in [4.69, 9.17) is 9.15 Å².